The molecule has 142 heavy (non-hydrogen) atoms. The second-order valence-corrected chi connectivity index (χ2v) is 39.0. The Hall–Kier alpha value is -11.0. The number of allylic oxidation sites excluding steroid dienone is 4. The SMILES string of the molecule is CCCCCCCC1=C2C=CC(=N2)C(c2nccn2C)=c2ccc([n-]2)=C(CCCCCCC)[C@H]2C=CC(=C(c3c4nc(c(CCCCCCC)c5ccc([n-]5)c(-c5nccn5C)c5nc(c(CCCCCCC)c6ccc3[n-]6)C=C5)C=C4)c3ccc1[n-]3)[N-]2.CCCCCCCc1c2nc(c(-c3nccn3C)c3ccc([n-]3)c(CCCCCCC)c3nc(c(-c4ccc(S)cc4)c4ccc1[n-]4)C=C3)C=C2.[Zn+2].[Zn+2].[Zn]. The van der Waals surface area contributed by atoms with Crippen molar-refractivity contribution in [2.75, 3.05) is 0 Å². The molecule has 0 N–H and O–H groups in total. The molecule has 0 radical (unpaired) electrons. The van der Waals surface area contributed by atoms with Crippen LogP contribution >= 0.6 is 12.6 Å². The van der Waals surface area contributed by atoms with E-state index in [1.807, 2.05) is 56.4 Å². The number of hydrogen-bond acceptors (Lipinski definition) is 9. The summed E-state index contributed by atoms with van der Waals surface area (Å²) in [5, 5.41) is 7.68. The van der Waals surface area contributed by atoms with Crippen LogP contribution in [0, 0.1) is 0 Å². The summed E-state index contributed by atoms with van der Waals surface area (Å²) in [6, 6.07) is 34.3. The molecule has 24 bridgehead atoms. The molecule has 19 rings (SSSR count). The van der Waals surface area contributed by atoms with Gasteiger partial charge in [0, 0.05) is 99.4 Å². The van der Waals surface area contributed by atoms with Crippen LogP contribution in [0.4, 0.5) is 0 Å². The molecular weight excluding hydrogens is 1920 g/mol. The van der Waals surface area contributed by atoms with E-state index in [1.165, 1.54) is 145 Å². The fraction of sp³-hybridized carbons (Fsp3) is 0.383. The Labute approximate surface area is 883 Å². The third-order valence-corrected chi connectivity index (χ3v) is 28.6. The van der Waals surface area contributed by atoms with Crippen LogP contribution in [-0.2, 0) is 105 Å². The first-order valence-electron chi connectivity index (χ1n) is 52.3. The summed E-state index contributed by atoms with van der Waals surface area (Å²) in [6.45, 7) is 13.6. The summed E-state index contributed by atoms with van der Waals surface area (Å²) >= 11 is 4.59. The number of aliphatic imine (C=N–C) groups is 1. The first-order valence-corrected chi connectivity index (χ1v) is 52.8. The van der Waals surface area contributed by atoms with Crippen LogP contribution in [0.15, 0.2) is 180 Å². The average molecular weight is 2060 g/mol. The molecule has 0 fully saturated rings. The molecule has 720 valence electrons. The monoisotopic (exact) mass is 2050 g/mol. The maximum Gasteiger partial charge on any atom is 2.00 e. The van der Waals surface area contributed by atoms with E-state index in [0.29, 0.717) is 0 Å². The van der Waals surface area contributed by atoms with Crippen LogP contribution in [0.2, 0.25) is 0 Å². The Balaban J connectivity index is 0.000000240. The minimum Gasteiger partial charge on any atom is -0.675 e. The molecule has 0 saturated carbocycles. The summed E-state index contributed by atoms with van der Waals surface area (Å²) < 4.78 is 6.21. The van der Waals surface area contributed by atoms with Gasteiger partial charge in [-0.25, -0.2) is 39.9 Å². The zero-order valence-electron chi connectivity index (χ0n) is 85.3. The van der Waals surface area contributed by atoms with E-state index >= 15 is 0 Å². The van der Waals surface area contributed by atoms with Gasteiger partial charge in [0.05, 0.1) is 57.0 Å². The fourth-order valence-electron chi connectivity index (χ4n) is 20.7. The summed E-state index contributed by atoms with van der Waals surface area (Å²) in [4.78, 5) is 76.5. The van der Waals surface area contributed by atoms with Gasteiger partial charge in [-0.1, -0.05) is 304 Å². The van der Waals surface area contributed by atoms with Gasteiger partial charge in [0.2, 0.25) is 0 Å². The molecule has 18 heterocycles. The van der Waals surface area contributed by atoms with Crippen LogP contribution in [0.5, 0.6) is 0 Å². The van der Waals surface area contributed by atoms with Crippen molar-refractivity contribution in [3.05, 3.63) is 277 Å². The molecule has 1 aromatic carbocycles. The molecule has 18 nitrogen and oxygen atoms in total. The van der Waals surface area contributed by atoms with Gasteiger partial charge in [-0.05, 0) is 200 Å². The molecular formula is C120H135N18SZn3-3. The molecule has 0 saturated heterocycles. The van der Waals surface area contributed by atoms with Crippen LogP contribution in [0.3, 0.4) is 0 Å². The standard InChI is InChI=1S/C76H87N12.C44H48N6S.3Zn/c1-7-11-15-19-23-27-51-55-31-39-63(79-55)71(64-40-32-56(80-64)52(28-24-20-16-12-8-2)60-36-44-68(84-60)73(67-43-35-59(51)83-67)75-77-47-49-87(75)5)72-65-41-33-57(81-65)53(29-25-21-17-13-9-3)61-37-45-69(85-61)74(76-78-48-50-88(76)6)70-46-38-62(86-70)54(30-26-22-18-14-10-4)58-34-42-66(72)82-58;1-4-6-8-10-12-14-32-34-20-24-38(46-34)42(30-16-18-31(51)19-17-30)39-25-21-35(47-39)33(15-13-11-9-7-5-2)37-23-27-41(49-37)43(40-26-22-36(32)48-40)44-45-28-29-50(44)3;;;/h31-50,55H,7-30H2,1-6H3;16-29H,4-15H2,1-3H3,(H-2,45,46,47,48,49,51);;;/q-5;-2;;2*+2/t55-;;;;/m1..../s1. The third-order valence-electron chi connectivity index (χ3n) is 28.3. The van der Waals surface area contributed by atoms with Crippen molar-refractivity contribution in [2.45, 2.75) is 284 Å². The van der Waals surface area contributed by atoms with Gasteiger partial charge in [0.1, 0.15) is 17.5 Å². The number of nitrogens with zero attached hydrogens (tertiary/aromatic N) is 18. The molecule has 22 heteroatoms. The van der Waals surface area contributed by atoms with E-state index in [1.54, 1.807) is 0 Å². The third kappa shape index (κ3) is 24.3. The Morgan fingerprint density at radius 3 is 1.09 bits per heavy atom. The zero-order valence-corrected chi connectivity index (χ0v) is 95.1. The van der Waals surface area contributed by atoms with E-state index in [0.717, 1.165) is 310 Å². The van der Waals surface area contributed by atoms with Crippen molar-refractivity contribution in [3.8, 4) is 33.9 Å². The molecule has 1 atom stereocenters. The van der Waals surface area contributed by atoms with Crippen LogP contribution in [0.25, 0.3) is 154 Å². The van der Waals surface area contributed by atoms with E-state index in [4.69, 9.17) is 75.1 Å². The van der Waals surface area contributed by atoms with Crippen molar-refractivity contribution in [2.24, 2.45) is 26.1 Å². The van der Waals surface area contributed by atoms with Crippen LogP contribution < -0.4 is 40.6 Å². The summed E-state index contributed by atoms with van der Waals surface area (Å²) in [5.41, 5.74) is 32.5. The van der Waals surface area contributed by atoms with Crippen molar-refractivity contribution in [3.63, 3.8) is 0 Å². The summed E-state index contributed by atoms with van der Waals surface area (Å²) in [7, 11) is 6.14. The molecule has 11 aromatic heterocycles. The van der Waals surface area contributed by atoms with Gasteiger partial charge in [-0.15, -0.1) is 84.5 Å². The molecule has 0 aliphatic carbocycles. The molecule has 0 unspecified atom stereocenters. The minimum atomic E-state index is -0.257. The Kier molecular flexibility index (Phi) is 37.8. The largest absolute Gasteiger partial charge is 2.00 e. The number of aryl methyl sites for hydroxylation is 7. The average Bonchev–Trinajstić information content (AvgIpc) is 1.61. The molecule has 0 amide bonds. The molecule has 7 aliphatic rings. The number of thiol groups is 1. The van der Waals surface area contributed by atoms with Gasteiger partial charge < -0.3 is 48.9 Å². The normalized spacial score (nSPS) is 13.9. The number of unbranched alkanes of at least 4 members (excludes halogenated alkanes) is 24. The summed E-state index contributed by atoms with van der Waals surface area (Å²) in [6.07, 6.45) is 78.2. The van der Waals surface area contributed by atoms with Crippen LogP contribution in [-0.4, -0.2) is 60.3 Å². The number of rotatable bonds is 41. The predicted octanol–water partition coefficient (Wildman–Crippen LogP) is 27.9. The predicted molar refractivity (Wildman–Crippen MR) is 581 cm³/mol. The van der Waals surface area contributed by atoms with E-state index in [9.17, 15) is 0 Å². The second-order valence-electron chi connectivity index (χ2n) is 38.5. The molecule has 0 spiro atoms. The first kappa shape index (κ1) is 105. The Bertz CT molecular complexity index is 7200. The number of fused-ring (bicyclic) bond motifs is 23. The fourth-order valence-corrected chi connectivity index (χ4v) is 20.8. The number of benzene rings is 1. The van der Waals surface area contributed by atoms with Gasteiger partial charge in [0.15, 0.2) is 0 Å². The molecule has 12 aromatic rings. The van der Waals surface area contributed by atoms with E-state index in [2.05, 4.69) is 240 Å². The maximum atomic E-state index is 5.86. The van der Waals surface area contributed by atoms with Crippen molar-refractivity contribution >= 4 is 133 Å². The van der Waals surface area contributed by atoms with Gasteiger partial charge >= 0.3 is 39.0 Å². The minimum absolute atomic E-state index is 0. The van der Waals surface area contributed by atoms with Crippen LogP contribution in [0.1, 0.15) is 338 Å². The Morgan fingerprint density at radius 2 is 0.669 bits per heavy atom. The van der Waals surface area contributed by atoms with E-state index < -0.39 is 0 Å². The van der Waals surface area contributed by atoms with Gasteiger partial charge in [-0.2, -0.15) is 0 Å². The zero-order chi connectivity index (χ0) is 95.5. The quantitative estimate of drug-likeness (QED) is 0.0215. The summed E-state index contributed by atoms with van der Waals surface area (Å²) in [5.74, 6) is 2.51. The Morgan fingerprint density at radius 1 is 0.310 bits per heavy atom. The first-order chi connectivity index (χ1) is 68.3. The second kappa shape index (κ2) is 51.0. The van der Waals surface area contributed by atoms with Gasteiger partial charge in [0.25, 0.3) is 0 Å². The maximum absolute atomic E-state index is 5.86. The van der Waals surface area contributed by atoms with E-state index in [-0.39, 0.29) is 64.5 Å². The topological polar surface area (TPSA) is 216 Å². The van der Waals surface area contributed by atoms with Crippen molar-refractivity contribution < 1.29 is 58.4 Å². The van der Waals surface area contributed by atoms with Gasteiger partial charge in [-0.3, -0.25) is 0 Å². The number of hydrogen-bond donors (Lipinski definition) is 1. The smallest absolute Gasteiger partial charge is 0.675 e. The number of aromatic nitrogens is 16. The van der Waals surface area contributed by atoms with Crippen molar-refractivity contribution in [1.29, 1.82) is 0 Å². The number of imidazole rings is 3. The van der Waals surface area contributed by atoms with Crippen molar-refractivity contribution in [1.82, 2.24) is 78.5 Å². The molecule has 7 aliphatic heterocycles.